The normalized spacial score (nSPS) is 39.6. The van der Waals surface area contributed by atoms with Gasteiger partial charge in [-0.25, -0.2) is 0 Å². The highest BCUT2D eigenvalue weighted by Gasteiger charge is 2.46. The molecule has 3 atom stereocenters. The summed E-state index contributed by atoms with van der Waals surface area (Å²) in [4.78, 5) is 0. The molecular formula is C18H33NO. The second-order valence-corrected chi connectivity index (χ2v) is 7.99. The summed E-state index contributed by atoms with van der Waals surface area (Å²) in [6.45, 7) is 2.44. The molecule has 116 valence electrons. The van der Waals surface area contributed by atoms with Crippen LogP contribution in [0.25, 0.3) is 0 Å². The van der Waals surface area contributed by atoms with Crippen LogP contribution in [0.5, 0.6) is 0 Å². The van der Waals surface area contributed by atoms with Crippen LogP contribution in [0.2, 0.25) is 0 Å². The molecule has 0 aromatic carbocycles. The van der Waals surface area contributed by atoms with Gasteiger partial charge in [-0.1, -0.05) is 51.9 Å². The second-order valence-electron chi connectivity index (χ2n) is 7.99. The molecule has 1 heterocycles. The molecule has 0 aromatic rings. The summed E-state index contributed by atoms with van der Waals surface area (Å²) in [6.07, 6.45) is 17.1. The van der Waals surface area contributed by atoms with Crippen molar-refractivity contribution in [2.45, 2.75) is 102 Å². The third-order valence-corrected chi connectivity index (χ3v) is 6.39. The topological polar surface area (TPSA) is 23.5 Å². The Kier molecular flexibility index (Phi) is 4.72. The maximum atomic E-state index is 11.2. The third kappa shape index (κ3) is 2.92. The van der Waals surface area contributed by atoms with Crippen molar-refractivity contribution in [2.24, 2.45) is 11.8 Å². The lowest BCUT2D eigenvalue weighted by Gasteiger charge is -2.44. The average Bonchev–Trinajstić information content (AvgIpc) is 2.81. The Morgan fingerprint density at radius 3 is 2.30 bits per heavy atom. The Labute approximate surface area is 124 Å². The van der Waals surface area contributed by atoms with Gasteiger partial charge in [0.2, 0.25) is 0 Å². The first-order valence-corrected chi connectivity index (χ1v) is 9.19. The highest BCUT2D eigenvalue weighted by Crippen LogP contribution is 2.46. The number of fused-ring (bicyclic) bond motifs is 1. The van der Waals surface area contributed by atoms with Crippen LogP contribution in [0.3, 0.4) is 0 Å². The number of hydrogen-bond donors (Lipinski definition) is 1. The summed E-state index contributed by atoms with van der Waals surface area (Å²) in [5, 5.41) is 13.1. The van der Waals surface area contributed by atoms with Crippen LogP contribution in [-0.4, -0.2) is 21.9 Å². The van der Waals surface area contributed by atoms with Crippen LogP contribution in [0.1, 0.15) is 90.4 Å². The van der Waals surface area contributed by atoms with Crippen molar-refractivity contribution in [1.29, 1.82) is 0 Å². The van der Waals surface area contributed by atoms with Crippen molar-refractivity contribution < 1.29 is 5.21 Å². The second kappa shape index (κ2) is 6.36. The molecule has 2 saturated carbocycles. The zero-order valence-corrected chi connectivity index (χ0v) is 13.3. The van der Waals surface area contributed by atoms with Gasteiger partial charge in [-0.15, -0.1) is 0 Å². The molecular weight excluding hydrogens is 246 g/mol. The van der Waals surface area contributed by atoms with E-state index >= 15 is 0 Å². The van der Waals surface area contributed by atoms with E-state index in [0.717, 1.165) is 11.8 Å². The molecule has 2 aliphatic carbocycles. The molecule has 1 aliphatic heterocycles. The van der Waals surface area contributed by atoms with E-state index in [1.165, 1.54) is 83.5 Å². The quantitative estimate of drug-likeness (QED) is 0.663. The van der Waals surface area contributed by atoms with Gasteiger partial charge in [0.15, 0.2) is 0 Å². The predicted molar refractivity (Wildman–Crippen MR) is 82.8 cm³/mol. The fraction of sp³-hybridized carbons (Fsp3) is 1.00. The van der Waals surface area contributed by atoms with E-state index in [9.17, 15) is 5.21 Å². The zero-order valence-electron chi connectivity index (χ0n) is 13.3. The molecule has 20 heavy (non-hydrogen) atoms. The van der Waals surface area contributed by atoms with Crippen molar-refractivity contribution in [2.75, 3.05) is 0 Å². The van der Waals surface area contributed by atoms with E-state index in [1.54, 1.807) is 0 Å². The van der Waals surface area contributed by atoms with Gasteiger partial charge in [-0.2, -0.15) is 5.06 Å². The minimum atomic E-state index is 0.125. The number of rotatable bonds is 0. The maximum Gasteiger partial charge on any atom is 0.0466 e. The molecule has 0 bridgehead atoms. The van der Waals surface area contributed by atoms with Crippen molar-refractivity contribution in [1.82, 2.24) is 5.06 Å². The highest BCUT2D eigenvalue weighted by molar-refractivity contribution is 4.97. The maximum absolute atomic E-state index is 11.2. The number of nitrogens with zero attached hydrogens (tertiary/aromatic N) is 1. The van der Waals surface area contributed by atoms with Gasteiger partial charge < -0.3 is 5.21 Å². The summed E-state index contributed by atoms with van der Waals surface area (Å²) in [6, 6.07) is 0.459. The Morgan fingerprint density at radius 2 is 1.55 bits per heavy atom. The first-order valence-electron chi connectivity index (χ1n) is 9.19. The van der Waals surface area contributed by atoms with Crippen molar-refractivity contribution in [3.63, 3.8) is 0 Å². The van der Waals surface area contributed by atoms with E-state index in [4.69, 9.17) is 0 Å². The molecule has 1 saturated heterocycles. The monoisotopic (exact) mass is 279 g/mol. The summed E-state index contributed by atoms with van der Waals surface area (Å²) < 4.78 is 0. The van der Waals surface area contributed by atoms with Gasteiger partial charge in [-0.3, -0.25) is 0 Å². The molecule has 3 rings (SSSR count). The predicted octanol–water partition coefficient (Wildman–Crippen LogP) is 5.15. The largest absolute Gasteiger partial charge is 0.313 e. The van der Waals surface area contributed by atoms with Crippen LogP contribution in [0.4, 0.5) is 0 Å². The Morgan fingerprint density at radius 1 is 0.900 bits per heavy atom. The minimum absolute atomic E-state index is 0.125. The van der Waals surface area contributed by atoms with Gasteiger partial charge in [0.25, 0.3) is 0 Å². The van der Waals surface area contributed by atoms with E-state index in [1.807, 2.05) is 5.06 Å². The standard InChI is InChI=1S/C18H33NO/c1-15-13-16-9-5-4-6-10-17(16)19(20)18(14-15)11-7-2-3-8-12-18/h15-17,20H,2-14H2,1H3. The first kappa shape index (κ1) is 14.8. The third-order valence-electron chi connectivity index (χ3n) is 6.39. The lowest BCUT2D eigenvalue weighted by Crippen LogP contribution is -2.52. The molecule has 3 unspecified atom stereocenters. The van der Waals surface area contributed by atoms with Gasteiger partial charge >= 0.3 is 0 Å². The SMILES string of the molecule is CC1CC2CCCCCC2N(O)C2(CCCCCC2)C1. The van der Waals surface area contributed by atoms with Crippen LogP contribution in [0.15, 0.2) is 0 Å². The van der Waals surface area contributed by atoms with Crippen LogP contribution >= 0.6 is 0 Å². The van der Waals surface area contributed by atoms with Gasteiger partial charge in [-0.05, 0) is 50.4 Å². The molecule has 0 radical (unpaired) electrons. The average molecular weight is 279 g/mol. The van der Waals surface area contributed by atoms with E-state index in [2.05, 4.69) is 6.92 Å². The van der Waals surface area contributed by atoms with Crippen LogP contribution in [0, 0.1) is 11.8 Å². The molecule has 3 fully saturated rings. The highest BCUT2D eigenvalue weighted by atomic mass is 16.5. The summed E-state index contributed by atoms with van der Waals surface area (Å²) >= 11 is 0. The first-order chi connectivity index (χ1) is 9.71. The summed E-state index contributed by atoms with van der Waals surface area (Å²) in [7, 11) is 0. The number of hydroxylamine groups is 2. The van der Waals surface area contributed by atoms with E-state index in [-0.39, 0.29) is 5.54 Å². The molecule has 0 amide bonds. The Bertz CT molecular complexity index is 309. The zero-order chi connectivity index (χ0) is 14.0. The van der Waals surface area contributed by atoms with Crippen molar-refractivity contribution >= 4 is 0 Å². The Balaban J connectivity index is 1.86. The van der Waals surface area contributed by atoms with Crippen LogP contribution in [-0.2, 0) is 0 Å². The number of hydrogen-bond acceptors (Lipinski definition) is 2. The van der Waals surface area contributed by atoms with Crippen molar-refractivity contribution in [3.05, 3.63) is 0 Å². The molecule has 0 aromatic heterocycles. The molecule has 2 heteroatoms. The lowest BCUT2D eigenvalue weighted by atomic mass is 9.81. The molecule has 3 aliphatic rings. The van der Waals surface area contributed by atoms with Crippen LogP contribution < -0.4 is 0 Å². The summed E-state index contributed by atoms with van der Waals surface area (Å²) in [5.41, 5.74) is 0.125. The Hall–Kier alpha value is -0.0800. The van der Waals surface area contributed by atoms with Gasteiger partial charge in [0.05, 0.1) is 0 Å². The van der Waals surface area contributed by atoms with E-state index < -0.39 is 0 Å². The van der Waals surface area contributed by atoms with Crippen molar-refractivity contribution in [3.8, 4) is 0 Å². The summed E-state index contributed by atoms with van der Waals surface area (Å²) in [5.74, 6) is 1.54. The fourth-order valence-corrected chi connectivity index (χ4v) is 5.48. The molecule has 2 nitrogen and oxygen atoms in total. The minimum Gasteiger partial charge on any atom is -0.313 e. The lowest BCUT2D eigenvalue weighted by molar-refractivity contribution is -0.217. The fourth-order valence-electron chi connectivity index (χ4n) is 5.48. The smallest absolute Gasteiger partial charge is 0.0466 e. The van der Waals surface area contributed by atoms with E-state index in [0.29, 0.717) is 6.04 Å². The van der Waals surface area contributed by atoms with Gasteiger partial charge in [0.1, 0.15) is 0 Å². The molecule has 1 N–H and O–H groups in total. The van der Waals surface area contributed by atoms with Gasteiger partial charge in [0, 0.05) is 11.6 Å². The molecule has 1 spiro atoms.